The highest BCUT2D eigenvalue weighted by Crippen LogP contribution is 2.23. The molecular weight excluding hydrogens is 324 g/mol. The lowest BCUT2D eigenvalue weighted by Gasteiger charge is -2.21. The van der Waals surface area contributed by atoms with Gasteiger partial charge >= 0.3 is 0 Å². The number of nitro benzene ring substituents is 1. The van der Waals surface area contributed by atoms with E-state index in [1.165, 1.54) is 6.07 Å². The van der Waals surface area contributed by atoms with Crippen LogP contribution in [0.2, 0.25) is 0 Å². The molecule has 0 aliphatic heterocycles. The number of rotatable bonds is 6. The largest absolute Gasteiger partial charge is 0.349 e. The van der Waals surface area contributed by atoms with Gasteiger partial charge in [0, 0.05) is 16.9 Å². The molecule has 110 valence electrons. The summed E-state index contributed by atoms with van der Waals surface area (Å²) in [7, 11) is 0. The first kappa shape index (κ1) is 16.6. The van der Waals surface area contributed by atoms with Crippen LogP contribution < -0.4 is 5.32 Å². The molecule has 0 spiro atoms. The number of benzene rings is 1. The minimum Gasteiger partial charge on any atom is -0.349 e. The quantitative estimate of drug-likeness (QED) is 0.489. The Labute approximate surface area is 127 Å². The monoisotopic (exact) mass is 342 g/mol. The fraction of sp³-hybridized carbons (Fsp3) is 0.500. The number of para-hydroxylation sites is 1. The van der Waals surface area contributed by atoms with Crippen LogP contribution in [0.3, 0.4) is 0 Å². The van der Waals surface area contributed by atoms with Crippen molar-refractivity contribution < 1.29 is 9.72 Å². The highest BCUT2D eigenvalue weighted by Gasteiger charge is 2.24. The third kappa shape index (κ3) is 4.03. The Morgan fingerprint density at radius 3 is 2.60 bits per heavy atom. The van der Waals surface area contributed by atoms with E-state index < -0.39 is 4.92 Å². The minimum atomic E-state index is -0.501. The van der Waals surface area contributed by atoms with Crippen LogP contribution in [-0.4, -0.2) is 22.2 Å². The summed E-state index contributed by atoms with van der Waals surface area (Å²) in [5.74, 6) is -0.125. The number of amides is 1. The molecular formula is C14H19BrN2O3. The number of carbonyl (C=O) groups excluding carboxylic acids is 1. The number of nitro groups is 1. The molecule has 0 bridgehead atoms. The van der Waals surface area contributed by atoms with E-state index in [0.29, 0.717) is 5.56 Å². The van der Waals surface area contributed by atoms with Gasteiger partial charge in [-0.15, -0.1) is 0 Å². The summed E-state index contributed by atoms with van der Waals surface area (Å²) in [4.78, 5) is 22.9. The number of aryl methyl sites for hydroxylation is 1. The van der Waals surface area contributed by atoms with Crippen molar-refractivity contribution in [1.29, 1.82) is 0 Å². The van der Waals surface area contributed by atoms with Gasteiger partial charge in [-0.2, -0.15) is 0 Å². The molecule has 0 aliphatic carbocycles. The number of hydrogen-bond acceptors (Lipinski definition) is 3. The van der Waals surface area contributed by atoms with E-state index in [0.717, 1.165) is 11.8 Å². The molecule has 0 heterocycles. The second-order valence-electron chi connectivity index (χ2n) is 5.03. The Morgan fingerprint density at radius 1 is 1.45 bits per heavy atom. The van der Waals surface area contributed by atoms with E-state index in [2.05, 4.69) is 21.2 Å². The summed E-state index contributed by atoms with van der Waals surface area (Å²) in [5, 5.41) is 14.8. The maximum atomic E-state index is 12.3. The minimum absolute atomic E-state index is 0.0120. The average molecular weight is 343 g/mol. The molecule has 20 heavy (non-hydrogen) atoms. The molecule has 1 aromatic carbocycles. The van der Waals surface area contributed by atoms with Gasteiger partial charge in [-0.05, 0) is 25.3 Å². The fourth-order valence-electron chi connectivity index (χ4n) is 2.02. The zero-order chi connectivity index (χ0) is 15.3. The fourth-order valence-corrected chi connectivity index (χ4v) is 2.51. The molecule has 1 aromatic rings. The predicted molar refractivity (Wildman–Crippen MR) is 82.3 cm³/mol. The maximum absolute atomic E-state index is 12.3. The van der Waals surface area contributed by atoms with Crippen LogP contribution in [0.1, 0.15) is 36.2 Å². The topological polar surface area (TPSA) is 72.2 Å². The van der Waals surface area contributed by atoms with Crippen molar-refractivity contribution >= 4 is 27.5 Å². The van der Waals surface area contributed by atoms with E-state index in [-0.39, 0.29) is 29.1 Å². The smallest absolute Gasteiger partial charge is 0.285 e. The Bertz CT molecular complexity index is 503. The summed E-state index contributed by atoms with van der Waals surface area (Å²) in [6.07, 6.45) is 0.781. The van der Waals surface area contributed by atoms with Crippen molar-refractivity contribution in [2.75, 3.05) is 5.33 Å². The van der Waals surface area contributed by atoms with Gasteiger partial charge in [-0.3, -0.25) is 14.9 Å². The molecule has 0 radical (unpaired) electrons. The van der Waals surface area contributed by atoms with Gasteiger partial charge in [0.1, 0.15) is 5.56 Å². The van der Waals surface area contributed by atoms with Gasteiger partial charge in [-0.1, -0.05) is 41.9 Å². The molecule has 1 atom stereocenters. The third-order valence-corrected chi connectivity index (χ3v) is 3.66. The van der Waals surface area contributed by atoms with Crippen LogP contribution in [0.15, 0.2) is 18.2 Å². The Morgan fingerprint density at radius 2 is 2.10 bits per heavy atom. The zero-order valence-corrected chi connectivity index (χ0v) is 13.4. The number of halogens is 1. The zero-order valence-electron chi connectivity index (χ0n) is 11.9. The van der Waals surface area contributed by atoms with Crippen molar-refractivity contribution in [2.24, 2.45) is 5.92 Å². The summed E-state index contributed by atoms with van der Waals surface area (Å²) < 4.78 is 0. The number of nitrogens with zero attached hydrogens (tertiary/aromatic N) is 1. The standard InChI is InChI=1S/C14H19BrN2O3/c1-9(2)12(7-8-15)16-14(18)11-6-4-5-10(3)13(11)17(19)20/h4-6,9,12H,7-8H2,1-3H3,(H,16,18). The summed E-state index contributed by atoms with van der Waals surface area (Å²) in [6.45, 7) is 5.66. The van der Waals surface area contributed by atoms with Crippen LogP contribution in [-0.2, 0) is 0 Å². The second-order valence-corrected chi connectivity index (χ2v) is 5.82. The SMILES string of the molecule is Cc1cccc(C(=O)NC(CCBr)C(C)C)c1[N+](=O)[O-]. The number of carbonyl (C=O) groups is 1. The molecule has 0 saturated carbocycles. The van der Waals surface area contributed by atoms with Crippen LogP contribution in [0, 0.1) is 23.0 Å². The first-order valence-electron chi connectivity index (χ1n) is 6.49. The molecule has 5 nitrogen and oxygen atoms in total. The third-order valence-electron chi connectivity index (χ3n) is 3.21. The van der Waals surface area contributed by atoms with Crippen molar-refractivity contribution in [3.05, 3.63) is 39.4 Å². The summed E-state index contributed by atoms with van der Waals surface area (Å²) >= 11 is 3.35. The average Bonchev–Trinajstić information content (AvgIpc) is 2.37. The lowest BCUT2D eigenvalue weighted by molar-refractivity contribution is -0.385. The molecule has 0 aliphatic rings. The predicted octanol–water partition coefficient (Wildman–Crippen LogP) is 3.44. The normalized spacial score (nSPS) is 12.2. The number of alkyl halides is 1. The van der Waals surface area contributed by atoms with E-state index in [1.54, 1.807) is 19.1 Å². The molecule has 0 saturated heterocycles. The molecule has 1 rings (SSSR count). The van der Waals surface area contributed by atoms with Crippen LogP contribution in [0.25, 0.3) is 0 Å². The first-order chi connectivity index (χ1) is 9.38. The van der Waals surface area contributed by atoms with Crippen LogP contribution in [0.5, 0.6) is 0 Å². The van der Waals surface area contributed by atoms with Gasteiger partial charge in [0.05, 0.1) is 4.92 Å². The number of hydrogen-bond donors (Lipinski definition) is 1. The molecule has 0 fully saturated rings. The highest BCUT2D eigenvalue weighted by molar-refractivity contribution is 9.09. The second kappa shape index (κ2) is 7.38. The van der Waals surface area contributed by atoms with Crippen molar-refractivity contribution in [2.45, 2.75) is 33.2 Å². The highest BCUT2D eigenvalue weighted by atomic mass is 79.9. The van der Waals surface area contributed by atoms with Crippen molar-refractivity contribution in [3.8, 4) is 0 Å². The summed E-state index contributed by atoms with van der Waals surface area (Å²) in [6, 6.07) is 4.77. The Balaban J connectivity index is 3.03. The van der Waals surface area contributed by atoms with Gasteiger partial charge in [-0.25, -0.2) is 0 Å². The van der Waals surface area contributed by atoms with E-state index in [9.17, 15) is 14.9 Å². The Kier molecular flexibility index (Phi) is 6.13. The van der Waals surface area contributed by atoms with Crippen molar-refractivity contribution in [1.82, 2.24) is 5.32 Å². The van der Waals surface area contributed by atoms with Gasteiger partial charge < -0.3 is 5.32 Å². The van der Waals surface area contributed by atoms with Gasteiger partial charge in [0.25, 0.3) is 11.6 Å². The van der Waals surface area contributed by atoms with Crippen molar-refractivity contribution in [3.63, 3.8) is 0 Å². The van der Waals surface area contributed by atoms with Gasteiger partial charge in [0.2, 0.25) is 0 Å². The van der Waals surface area contributed by atoms with E-state index in [1.807, 2.05) is 13.8 Å². The maximum Gasteiger partial charge on any atom is 0.285 e. The lowest BCUT2D eigenvalue weighted by atomic mass is 10.0. The first-order valence-corrected chi connectivity index (χ1v) is 7.61. The van der Waals surface area contributed by atoms with Crippen LogP contribution in [0.4, 0.5) is 5.69 Å². The molecule has 1 unspecified atom stereocenters. The Hall–Kier alpha value is -1.43. The lowest BCUT2D eigenvalue weighted by Crippen LogP contribution is -2.39. The summed E-state index contributed by atoms with van der Waals surface area (Å²) in [5.41, 5.74) is 0.491. The molecule has 0 aromatic heterocycles. The van der Waals surface area contributed by atoms with E-state index in [4.69, 9.17) is 0 Å². The number of nitrogens with one attached hydrogen (secondary N) is 1. The van der Waals surface area contributed by atoms with Gasteiger partial charge in [0.15, 0.2) is 0 Å². The van der Waals surface area contributed by atoms with E-state index >= 15 is 0 Å². The molecule has 1 N–H and O–H groups in total. The van der Waals surface area contributed by atoms with Crippen LogP contribution >= 0.6 is 15.9 Å². The molecule has 1 amide bonds. The molecule has 6 heteroatoms.